The molecule has 0 aliphatic carbocycles. The molecule has 0 atom stereocenters. The highest BCUT2D eigenvalue weighted by molar-refractivity contribution is 7.80. The molecule has 0 saturated carbocycles. The molecule has 1 aromatic rings. The van der Waals surface area contributed by atoms with Gasteiger partial charge in [0.1, 0.15) is 0 Å². The second-order valence-electron chi connectivity index (χ2n) is 2.97. The first-order valence-corrected chi connectivity index (χ1v) is 4.44. The van der Waals surface area contributed by atoms with E-state index in [-0.39, 0.29) is 17.1 Å². The largest absolute Gasteiger partial charge is 0.393 e. The number of hydrogen-bond donors (Lipinski definition) is 1. The number of hydrogen-bond acceptors (Lipinski definition) is 3. The van der Waals surface area contributed by atoms with E-state index in [0.717, 1.165) is 5.56 Å². The molecule has 0 unspecified atom stereocenters. The van der Waals surface area contributed by atoms with Crippen LogP contribution in [0.4, 0.5) is 5.69 Å². The smallest absolute Gasteiger partial charge is 0.273 e. The summed E-state index contributed by atoms with van der Waals surface area (Å²) in [5.41, 5.74) is 6.89. The van der Waals surface area contributed by atoms with Crippen molar-refractivity contribution in [3.8, 4) is 0 Å². The first-order valence-electron chi connectivity index (χ1n) is 4.03. The van der Waals surface area contributed by atoms with Crippen LogP contribution < -0.4 is 5.73 Å². The number of benzene rings is 1. The Balaban J connectivity index is 3.22. The quantitative estimate of drug-likeness (QED) is 0.468. The SMILES string of the molecule is Cc1cccc([N+](=O)[O-])c1CC(N)=S. The molecule has 0 heterocycles. The summed E-state index contributed by atoms with van der Waals surface area (Å²) >= 11 is 4.74. The topological polar surface area (TPSA) is 69.2 Å². The van der Waals surface area contributed by atoms with Crippen LogP contribution >= 0.6 is 12.2 Å². The molecule has 0 radical (unpaired) electrons. The normalized spacial score (nSPS) is 9.79. The van der Waals surface area contributed by atoms with Crippen molar-refractivity contribution in [2.24, 2.45) is 5.73 Å². The van der Waals surface area contributed by atoms with Crippen LogP contribution in [-0.2, 0) is 6.42 Å². The number of rotatable bonds is 3. The summed E-state index contributed by atoms with van der Waals surface area (Å²) in [6.45, 7) is 1.81. The van der Waals surface area contributed by atoms with Gasteiger partial charge in [0.05, 0.1) is 9.91 Å². The number of aryl methyl sites for hydroxylation is 1. The zero-order valence-corrected chi connectivity index (χ0v) is 8.50. The Morgan fingerprint density at radius 3 is 2.79 bits per heavy atom. The van der Waals surface area contributed by atoms with E-state index >= 15 is 0 Å². The number of nitrogens with zero attached hydrogens (tertiary/aromatic N) is 1. The fourth-order valence-electron chi connectivity index (χ4n) is 1.26. The summed E-state index contributed by atoms with van der Waals surface area (Å²) in [5.74, 6) is 0. The molecule has 0 bridgehead atoms. The summed E-state index contributed by atoms with van der Waals surface area (Å²) in [4.78, 5) is 10.5. The van der Waals surface area contributed by atoms with E-state index in [9.17, 15) is 10.1 Å². The Morgan fingerprint density at radius 2 is 2.29 bits per heavy atom. The predicted octanol–water partition coefficient (Wildman–Crippen LogP) is 1.73. The van der Waals surface area contributed by atoms with Crippen LogP contribution in [0.25, 0.3) is 0 Å². The van der Waals surface area contributed by atoms with Crippen molar-refractivity contribution >= 4 is 22.9 Å². The van der Waals surface area contributed by atoms with Crippen molar-refractivity contribution in [1.29, 1.82) is 0 Å². The van der Waals surface area contributed by atoms with Gasteiger partial charge in [-0.2, -0.15) is 0 Å². The monoisotopic (exact) mass is 210 g/mol. The van der Waals surface area contributed by atoms with Gasteiger partial charge in [0, 0.05) is 18.1 Å². The van der Waals surface area contributed by atoms with Gasteiger partial charge >= 0.3 is 0 Å². The maximum absolute atomic E-state index is 10.7. The van der Waals surface area contributed by atoms with E-state index in [1.807, 2.05) is 0 Å². The van der Waals surface area contributed by atoms with E-state index in [1.54, 1.807) is 19.1 Å². The molecule has 0 aliphatic heterocycles. The fourth-order valence-corrected chi connectivity index (χ4v) is 1.41. The van der Waals surface area contributed by atoms with Gasteiger partial charge in [0.15, 0.2) is 0 Å². The van der Waals surface area contributed by atoms with Crippen LogP contribution in [0.3, 0.4) is 0 Å². The lowest BCUT2D eigenvalue weighted by atomic mass is 10.0. The number of nitrogens with two attached hydrogens (primary N) is 1. The van der Waals surface area contributed by atoms with E-state index in [1.165, 1.54) is 6.07 Å². The molecule has 1 rings (SSSR count). The van der Waals surface area contributed by atoms with Gasteiger partial charge < -0.3 is 5.73 Å². The predicted molar refractivity (Wildman–Crippen MR) is 58.3 cm³/mol. The van der Waals surface area contributed by atoms with Crippen molar-refractivity contribution in [3.05, 3.63) is 39.4 Å². The molecule has 0 aromatic heterocycles. The third-order valence-electron chi connectivity index (χ3n) is 1.93. The molecule has 0 saturated heterocycles. The van der Waals surface area contributed by atoms with E-state index < -0.39 is 4.92 Å². The number of thiocarbonyl (C=S) groups is 1. The van der Waals surface area contributed by atoms with Crippen molar-refractivity contribution in [2.75, 3.05) is 0 Å². The molecular weight excluding hydrogens is 200 g/mol. The van der Waals surface area contributed by atoms with Crippen LogP contribution in [0.2, 0.25) is 0 Å². The van der Waals surface area contributed by atoms with Gasteiger partial charge in [0.2, 0.25) is 0 Å². The molecule has 0 fully saturated rings. The molecule has 4 nitrogen and oxygen atoms in total. The summed E-state index contributed by atoms with van der Waals surface area (Å²) in [5, 5.41) is 10.7. The van der Waals surface area contributed by atoms with Crippen molar-refractivity contribution in [3.63, 3.8) is 0 Å². The highest BCUT2D eigenvalue weighted by Crippen LogP contribution is 2.22. The lowest BCUT2D eigenvalue weighted by Crippen LogP contribution is -2.13. The molecule has 0 amide bonds. The van der Waals surface area contributed by atoms with Crippen molar-refractivity contribution in [2.45, 2.75) is 13.3 Å². The molecular formula is C9H10N2O2S. The lowest BCUT2D eigenvalue weighted by Gasteiger charge is -2.04. The van der Waals surface area contributed by atoms with E-state index in [4.69, 9.17) is 18.0 Å². The maximum Gasteiger partial charge on any atom is 0.273 e. The second-order valence-corrected chi connectivity index (χ2v) is 3.50. The summed E-state index contributed by atoms with van der Waals surface area (Å²) in [7, 11) is 0. The highest BCUT2D eigenvalue weighted by atomic mass is 32.1. The molecule has 5 heteroatoms. The Kier molecular flexibility index (Phi) is 3.14. The van der Waals surface area contributed by atoms with Crippen LogP contribution in [0.15, 0.2) is 18.2 Å². The first kappa shape index (κ1) is 10.6. The first-order chi connectivity index (χ1) is 6.52. The average Bonchev–Trinajstić information content (AvgIpc) is 2.07. The third kappa shape index (κ3) is 2.26. The maximum atomic E-state index is 10.7. The van der Waals surface area contributed by atoms with E-state index in [2.05, 4.69) is 0 Å². The molecule has 2 N–H and O–H groups in total. The molecule has 1 aromatic carbocycles. The third-order valence-corrected chi connectivity index (χ3v) is 2.08. The minimum Gasteiger partial charge on any atom is -0.393 e. The Labute approximate surface area is 86.9 Å². The number of nitro benzene ring substituents is 1. The zero-order valence-electron chi connectivity index (χ0n) is 7.69. The Hall–Kier alpha value is -1.49. The standard InChI is InChI=1S/C9H10N2O2S/c1-6-3-2-4-8(11(12)13)7(6)5-9(10)14/h2-4H,5H2,1H3,(H2,10,14). The van der Waals surface area contributed by atoms with Crippen LogP contribution in [0.5, 0.6) is 0 Å². The summed E-state index contributed by atoms with van der Waals surface area (Å²) in [6, 6.07) is 4.91. The van der Waals surface area contributed by atoms with Gasteiger partial charge in [0.25, 0.3) is 5.69 Å². The van der Waals surface area contributed by atoms with E-state index in [0.29, 0.717) is 5.56 Å². The zero-order chi connectivity index (χ0) is 10.7. The average molecular weight is 210 g/mol. The minimum absolute atomic E-state index is 0.0813. The fraction of sp³-hybridized carbons (Fsp3) is 0.222. The summed E-state index contributed by atoms with van der Waals surface area (Å²) < 4.78 is 0. The Bertz CT molecular complexity index is 390. The van der Waals surface area contributed by atoms with Gasteiger partial charge in [-0.05, 0) is 12.5 Å². The molecule has 0 spiro atoms. The van der Waals surface area contributed by atoms with Crippen LogP contribution in [0.1, 0.15) is 11.1 Å². The minimum atomic E-state index is -0.416. The molecule has 14 heavy (non-hydrogen) atoms. The highest BCUT2D eigenvalue weighted by Gasteiger charge is 2.15. The lowest BCUT2D eigenvalue weighted by molar-refractivity contribution is -0.385. The van der Waals surface area contributed by atoms with Gasteiger partial charge in [-0.15, -0.1) is 0 Å². The van der Waals surface area contributed by atoms with Crippen LogP contribution in [0, 0.1) is 17.0 Å². The molecule has 0 aliphatic rings. The van der Waals surface area contributed by atoms with Crippen molar-refractivity contribution < 1.29 is 4.92 Å². The van der Waals surface area contributed by atoms with Gasteiger partial charge in [-0.1, -0.05) is 24.4 Å². The second kappa shape index (κ2) is 4.15. The van der Waals surface area contributed by atoms with Crippen molar-refractivity contribution in [1.82, 2.24) is 0 Å². The Morgan fingerprint density at radius 1 is 1.64 bits per heavy atom. The van der Waals surface area contributed by atoms with Crippen LogP contribution in [-0.4, -0.2) is 9.91 Å². The van der Waals surface area contributed by atoms with Gasteiger partial charge in [-0.25, -0.2) is 0 Å². The van der Waals surface area contributed by atoms with Gasteiger partial charge in [-0.3, -0.25) is 10.1 Å². The summed E-state index contributed by atoms with van der Waals surface area (Å²) in [6.07, 6.45) is 0.276. The number of nitro groups is 1. The molecule has 74 valence electrons.